The number of methoxy groups -OCH3 is 1. The molecule has 1 aromatic rings. The number of rotatable bonds is 6. The number of carbonyl (C=O) groups excluding carboxylic acids is 3. The Kier molecular flexibility index (Phi) is 6.19. The van der Waals surface area contributed by atoms with Crippen LogP contribution in [0, 0.1) is 0 Å². The molecule has 1 aromatic heterocycles. The number of carbonyl (C=O) groups is 3. The Morgan fingerprint density at radius 1 is 1.33 bits per heavy atom. The molecule has 1 saturated heterocycles. The number of alkyl carbamates (subject to hydrolysis) is 1. The molecule has 9 nitrogen and oxygen atoms in total. The van der Waals surface area contributed by atoms with Crippen LogP contribution in [0.4, 0.5) is 4.79 Å². The third-order valence-corrected chi connectivity index (χ3v) is 3.80. The number of ether oxygens (including phenoxy) is 1. The van der Waals surface area contributed by atoms with Crippen LogP contribution in [0.25, 0.3) is 0 Å². The predicted molar refractivity (Wildman–Crippen MR) is 83.6 cm³/mol. The van der Waals surface area contributed by atoms with E-state index in [9.17, 15) is 14.4 Å². The third kappa shape index (κ3) is 4.48. The Morgan fingerprint density at radius 2 is 2.08 bits per heavy atom. The maximum atomic E-state index is 12.3. The van der Waals surface area contributed by atoms with Crippen molar-refractivity contribution in [2.75, 3.05) is 20.2 Å². The molecule has 132 valence electrons. The lowest BCUT2D eigenvalue weighted by Gasteiger charge is -2.23. The van der Waals surface area contributed by atoms with E-state index in [1.165, 1.54) is 12.0 Å². The average molecular weight is 338 g/mol. The van der Waals surface area contributed by atoms with Crippen molar-refractivity contribution in [2.24, 2.45) is 5.73 Å². The van der Waals surface area contributed by atoms with Gasteiger partial charge in [-0.05, 0) is 25.0 Å². The van der Waals surface area contributed by atoms with Crippen molar-refractivity contribution >= 4 is 17.9 Å². The summed E-state index contributed by atoms with van der Waals surface area (Å²) in [6, 6.07) is 2.96. The van der Waals surface area contributed by atoms with Gasteiger partial charge in [-0.2, -0.15) is 0 Å². The fraction of sp³-hybridized carbons (Fsp3) is 0.533. The SMILES string of the molecule is COC(=O)NCC(=O)N1CCCC1C(=O)NCc1ccc(CN)o1. The van der Waals surface area contributed by atoms with E-state index in [4.69, 9.17) is 10.2 Å². The molecule has 9 heteroatoms. The van der Waals surface area contributed by atoms with E-state index in [2.05, 4.69) is 15.4 Å². The first kappa shape index (κ1) is 17.8. The summed E-state index contributed by atoms with van der Waals surface area (Å²) in [7, 11) is 1.22. The van der Waals surface area contributed by atoms with Crippen molar-refractivity contribution in [1.82, 2.24) is 15.5 Å². The first-order valence-electron chi connectivity index (χ1n) is 7.71. The van der Waals surface area contributed by atoms with Gasteiger partial charge in [0.05, 0.1) is 20.2 Å². The zero-order valence-electron chi connectivity index (χ0n) is 13.5. The lowest BCUT2D eigenvalue weighted by molar-refractivity contribution is -0.137. The van der Waals surface area contributed by atoms with E-state index in [1.54, 1.807) is 12.1 Å². The van der Waals surface area contributed by atoms with Crippen LogP contribution in [-0.4, -0.2) is 49.0 Å². The number of nitrogens with two attached hydrogens (primary N) is 1. The van der Waals surface area contributed by atoms with Gasteiger partial charge in [0.2, 0.25) is 11.8 Å². The number of furan rings is 1. The Morgan fingerprint density at radius 3 is 2.75 bits per heavy atom. The molecule has 4 N–H and O–H groups in total. The molecule has 0 aliphatic carbocycles. The Labute approximate surface area is 139 Å². The highest BCUT2D eigenvalue weighted by molar-refractivity contribution is 5.90. The number of hydrogen-bond acceptors (Lipinski definition) is 6. The molecule has 2 heterocycles. The summed E-state index contributed by atoms with van der Waals surface area (Å²) < 4.78 is 9.83. The summed E-state index contributed by atoms with van der Waals surface area (Å²) in [6.45, 7) is 0.816. The van der Waals surface area contributed by atoms with Gasteiger partial charge in [-0.3, -0.25) is 9.59 Å². The first-order valence-corrected chi connectivity index (χ1v) is 7.71. The van der Waals surface area contributed by atoms with Crippen molar-refractivity contribution in [3.8, 4) is 0 Å². The third-order valence-electron chi connectivity index (χ3n) is 3.80. The second-order valence-electron chi connectivity index (χ2n) is 5.38. The van der Waals surface area contributed by atoms with Gasteiger partial charge < -0.3 is 30.4 Å². The van der Waals surface area contributed by atoms with E-state index >= 15 is 0 Å². The van der Waals surface area contributed by atoms with Gasteiger partial charge in [-0.15, -0.1) is 0 Å². The van der Waals surface area contributed by atoms with Gasteiger partial charge in [0.25, 0.3) is 0 Å². The van der Waals surface area contributed by atoms with Crippen molar-refractivity contribution in [1.29, 1.82) is 0 Å². The fourth-order valence-electron chi connectivity index (χ4n) is 2.58. The molecular weight excluding hydrogens is 316 g/mol. The summed E-state index contributed by atoms with van der Waals surface area (Å²) in [5.74, 6) is 0.684. The monoisotopic (exact) mass is 338 g/mol. The molecule has 1 fully saturated rings. The van der Waals surface area contributed by atoms with Crippen LogP contribution < -0.4 is 16.4 Å². The van der Waals surface area contributed by atoms with Gasteiger partial charge >= 0.3 is 6.09 Å². The minimum atomic E-state index is -0.683. The predicted octanol–water partition coefficient (Wildman–Crippen LogP) is -0.298. The molecule has 0 spiro atoms. The molecule has 0 bridgehead atoms. The van der Waals surface area contributed by atoms with Gasteiger partial charge in [0.1, 0.15) is 24.1 Å². The second-order valence-corrected chi connectivity index (χ2v) is 5.38. The number of amides is 3. The number of nitrogens with one attached hydrogen (secondary N) is 2. The molecule has 1 unspecified atom stereocenters. The van der Waals surface area contributed by atoms with E-state index in [0.717, 1.165) is 6.42 Å². The topological polar surface area (TPSA) is 127 Å². The Bertz CT molecular complexity index is 600. The Hall–Kier alpha value is -2.55. The maximum absolute atomic E-state index is 12.3. The summed E-state index contributed by atoms with van der Waals surface area (Å²) in [5, 5.41) is 5.08. The zero-order valence-corrected chi connectivity index (χ0v) is 13.5. The van der Waals surface area contributed by atoms with Crippen LogP contribution in [0.1, 0.15) is 24.4 Å². The molecule has 1 aliphatic heterocycles. The highest BCUT2D eigenvalue weighted by atomic mass is 16.5. The summed E-state index contributed by atoms with van der Waals surface area (Å²) in [4.78, 5) is 37.0. The zero-order chi connectivity index (χ0) is 17.5. The minimum absolute atomic E-state index is 0.200. The van der Waals surface area contributed by atoms with Gasteiger partial charge in [-0.1, -0.05) is 0 Å². The number of hydrogen-bond donors (Lipinski definition) is 3. The highest BCUT2D eigenvalue weighted by Crippen LogP contribution is 2.17. The van der Waals surface area contributed by atoms with Crippen molar-refractivity contribution in [2.45, 2.75) is 32.0 Å². The standard InChI is InChI=1S/C15H22N4O5/c1-23-15(22)18-9-13(20)19-6-2-3-12(19)14(21)17-8-11-5-4-10(7-16)24-11/h4-5,12H,2-3,6-9,16H2,1H3,(H,17,21)(H,18,22). The molecular formula is C15H22N4O5. The molecule has 1 atom stereocenters. The number of likely N-dealkylation sites (tertiary alicyclic amines) is 1. The van der Waals surface area contributed by atoms with Gasteiger partial charge in [0.15, 0.2) is 0 Å². The molecule has 24 heavy (non-hydrogen) atoms. The van der Waals surface area contributed by atoms with Gasteiger partial charge in [0, 0.05) is 6.54 Å². The average Bonchev–Trinajstić information content (AvgIpc) is 3.26. The molecule has 3 amide bonds. The highest BCUT2D eigenvalue weighted by Gasteiger charge is 2.33. The first-order chi connectivity index (χ1) is 11.5. The minimum Gasteiger partial charge on any atom is -0.463 e. The summed E-state index contributed by atoms with van der Waals surface area (Å²) in [6.07, 6.45) is 0.638. The lowest BCUT2D eigenvalue weighted by atomic mass is 10.2. The second kappa shape index (κ2) is 8.34. The molecule has 0 radical (unpaired) electrons. The van der Waals surface area contributed by atoms with Crippen LogP contribution in [-0.2, 0) is 27.4 Å². The van der Waals surface area contributed by atoms with Crippen molar-refractivity contribution < 1.29 is 23.5 Å². The van der Waals surface area contributed by atoms with Crippen molar-refractivity contribution in [3.05, 3.63) is 23.7 Å². The normalized spacial score (nSPS) is 16.8. The largest absolute Gasteiger partial charge is 0.463 e. The molecule has 0 saturated carbocycles. The van der Waals surface area contributed by atoms with E-state index in [-0.39, 0.29) is 24.9 Å². The van der Waals surface area contributed by atoms with Crippen LogP contribution in [0.3, 0.4) is 0 Å². The summed E-state index contributed by atoms with van der Waals surface area (Å²) >= 11 is 0. The van der Waals surface area contributed by atoms with Crippen LogP contribution in [0.15, 0.2) is 16.5 Å². The fourth-order valence-corrected chi connectivity index (χ4v) is 2.58. The van der Waals surface area contributed by atoms with Crippen LogP contribution >= 0.6 is 0 Å². The quantitative estimate of drug-likeness (QED) is 0.654. The van der Waals surface area contributed by atoms with Crippen molar-refractivity contribution in [3.63, 3.8) is 0 Å². The molecule has 1 aliphatic rings. The summed E-state index contributed by atoms with van der Waals surface area (Å²) in [5.41, 5.74) is 5.47. The van der Waals surface area contributed by atoms with E-state index in [1.807, 2.05) is 0 Å². The maximum Gasteiger partial charge on any atom is 0.407 e. The molecule has 2 rings (SSSR count). The number of nitrogens with zero attached hydrogens (tertiary/aromatic N) is 1. The van der Waals surface area contributed by atoms with Crippen LogP contribution in [0.5, 0.6) is 0 Å². The van der Waals surface area contributed by atoms with E-state index in [0.29, 0.717) is 31.0 Å². The Balaban J connectivity index is 1.85. The van der Waals surface area contributed by atoms with E-state index < -0.39 is 12.1 Å². The van der Waals surface area contributed by atoms with Crippen LogP contribution in [0.2, 0.25) is 0 Å². The lowest BCUT2D eigenvalue weighted by Crippen LogP contribution is -2.48. The molecule has 0 aromatic carbocycles. The van der Waals surface area contributed by atoms with Gasteiger partial charge in [-0.25, -0.2) is 4.79 Å². The smallest absolute Gasteiger partial charge is 0.407 e.